The Balaban J connectivity index is 2.33. The molecule has 1 unspecified atom stereocenters. The smallest absolute Gasteiger partial charge is 0.189 e. The average molecular weight is 143 g/mol. The highest BCUT2D eigenvalue weighted by molar-refractivity contribution is 4.89. The fourth-order valence-corrected chi connectivity index (χ4v) is 1.11. The molecule has 0 aromatic carbocycles. The quantitative estimate of drug-likeness (QED) is 0.553. The van der Waals surface area contributed by atoms with Crippen molar-refractivity contribution >= 4 is 0 Å². The number of halogens is 1. The summed E-state index contributed by atoms with van der Waals surface area (Å²) in [6.45, 7) is 1.21. The first-order valence-corrected chi connectivity index (χ1v) is 3.46. The van der Waals surface area contributed by atoms with Gasteiger partial charge in [0.05, 0.1) is 0 Å². The van der Waals surface area contributed by atoms with Crippen molar-refractivity contribution in [2.24, 2.45) is 5.92 Å². The van der Waals surface area contributed by atoms with Crippen LogP contribution >= 0.6 is 0 Å². The number of nitrogens with zero attached hydrogens (tertiary/aromatic N) is 1. The van der Waals surface area contributed by atoms with Gasteiger partial charge in [-0.15, -0.1) is 0 Å². The standard InChI is InChI=1S/C7H10FNO/c8-7(5-9)6-1-3-10-4-2-6/h6-7H,1-4H2. The summed E-state index contributed by atoms with van der Waals surface area (Å²) in [6.07, 6.45) is 0.0904. The molecule has 1 saturated heterocycles. The molecule has 0 amide bonds. The lowest BCUT2D eigenvalue weighted by Gasteiger charge is -2.21. The summed E-state index contributed by atoms with van der Waals surface area (Å²) in [5.74, 6) is -0.0845. The van der Waals surface area contributed by atoms with Gasteiger partial charge in [0.1, 0.15) is 6.07 Å². The van der Waals surface area contributed by atoms with E-state index >= 15 is 0 Å². The van der Waals surface area contributed by atoms with E-state index in [9.17, 15) is 4.39 Å². The lowest BCUT2D eigenvalue weighted by Crippen LogP contribution is -2.23. The third-order valence-corrected chi connectivity index (χ3v) is 1.80. The molecular formula is C7H10FNO. The highest BCUT2D eigenvalue weighted by Crippen LogP contribution is 2.20. The normalized spacial score (nSPS) is 23.6. The van der Waals surface area contributed by atoms with E-state index in [2.05, 4.69) is 0 Å². The van der Waals surface area contributed by atoms with Crippen molar-refractivity contribution in [2.75, 3.05) is 13.2 Å². The van der Waals surface area contributed by atoms with Gasteiger partial charge in [0.15, 0.2) is 6.17 Å². The van der Waals surface area contributed by atoms with Gasteiger partial charge >= 0.3 is 0 Å². The van der Waals surface area contributed by atoms with Crippen molar-refractivity contribution in [3.63, 3.8) is 0 Å². The summed E-state index contributed by atoms with van der Waals surface area (Å²) < 4.78 is 17.6. The predicted octanol–water partition coefficient (Wildman–Crippen LogP) is 1.27. The molecular weight excluding hydrogens is 133 g/mol. The summed E-state index contributed by atoms with van der Waals surface area (Å²) in [5.41, 5.74) is 0. The summed E-state index contributed by atoms with van der Waals surface area (Å²) in [4.78, 5) is 0. The number of nitriles is 1. The second-order valence-corrected chi connectivity index (χ2v) is 2.48. The van der Waals surface area contributed by atoms with E-state index in [1.54, 1.807) is 6.07 Å². The van der Waals surface area contributed by atoms with Crippen LogP contribution < -0.4 is 0 Å². The maximum Gasteiger partial charge on any atom is 0.189 e. The number of hydrogen-bond donors (Lipinski definition) is 0. The molecule has 1 aliphatic rings. The Morgan fingerprint density at radius 3 is 2.60 bits per heavy atom. The molecule has 2 nitrogen and oxygen atoms in total. The summed E-state index contributed by atoms with van der Waals surface area (Å²) in [7, 11) is 0. The van der Waals surface area contributed by atoms with E-state index in [1.807, 2.05) is 0 Å². The zero-order chi connectivity index (χ0) is 7.40. The van der Waals surface area contributed by atoms with Crippen molar-refractivity contribution in [1.82, 2.24) is 0 Å². The van der Waals surface area contributed by atoms with E-state index in [-0.39, 0.29) is 5.92 Å². The Kier molecular flexibility index (Phi) is 2.64. The third-order valence-electron chi connectivity index (χ3n) is 1.80. The highest BCUT2D eigenvalue weighted by Gasteiger charge is 2.22. The SMILES string of the molecule is N#CC(F)C1CCOCC1. The second kappa shape index (κ2) is 3.52. The van der Waals surface area contributed by atoms with E-state index in [0.29, 0.717) is 26.1 Å². The number of hydrogen-bond acceptors (Lipinski definition) is 2. The molecule has 1 fully saturated rings. The minimum absolute atomic E-state index is 0.0845. The van der Waals surface area contributed by atoms with Crippen LogP contribution in [0.2, 0.25) is 0 Å². The molecule has 0 saturated carbocycles. The van der Waals surface area contributed by atoms with Gasteiger partial charge < -0.3 is 4.74 Å². The molecule has 0 aliphatic carbocycles. The molecule has 10 heavy (non-hydrogen) atoms. The van der Waals surface area contributed by atoms with Crippen LogP contribution in [0.5, 0.6) is 0 Å². The zero-order valence-corrected chi connectivity index (χ0v) is 5.72. The maximum atomic E-state index is 12.6. The molecule has 1 atom stereocenters. The third kappa shape index (κ3) is 1.68. The fourth-order valence-electron chi connectivity index (χ4n) is 1.11. The zero-order valence-electron chi connectivity index (χ0n) is 5.72. The molecule has 0 spiro atoms. The predicted molar refractivity (Wildman–Crippen MR) is 34.1 cm³/mol. The number of ether oxygens (including phenoxy) is 1. The van der Waals surface area contributed by atoms with Crippen LogP contribution in [0.1, 0.15) is 12.8 Å². The maximum absolute atomic E-state index is 12.6. The first-order valence-electron chi connectivity index (χ1n) is 3.46. The minimum Gasteiger partial charge on any atom is -0.381 e. The van der Waals surface area contributed by atoms with Crippen LogP contribution in [0, 0.1) is 17.2 Å². The second-order valence-electron chi connectivity index (χ2n) is 2.48. The fraction of sp³-hybridized carbons (Fsp3) is 0.857. The van der Waals surface area contributed by atoms with Crippen molar-refractivity contribution in [2.45, 2.75) is 19.0 Å². The van der Waals surface area contributed by atoms with Crippen molar-refractivity contribution < 1.29 is 9.13 Å². The van der Waals surface area contributed by atoms with Crippen molar-refractivity contribution in [3.8, 4) is 6.07 Å². The van der Waals surface area contributed by atoms with E-state index < -0.39 is 6.17 Å². The first-order chi connectivity index (χ1) is 4.84. The van der Waals surface area contributed by atoms with Crippen LogP contribution in [0.3, 0.4) is 0 Å². The molecule has 0 aromatic heterocycles. The molecule has 0 N–H and O–H groups in total. The Morgan fingerprint density at radius 1 is 1.50 bits per heavy atom. The Bertz CT molecular complexity index is 137. The van der Waals surface area contributed by atoms with Gasteiger partial charge in [0, 0.05) is 19.1 Å². The summed E-state index contributed by atoms with van der Waals surface area (Å²) in [5, 5.41) is 8.22. The first kappa shape index (κ1) is 7.49. The minimum atomic E-state index is -1.29. The number of alkyl halides is 1. The van der Waals surface area contributed by atoms with E-state index in [1.165, 1.54) is 0 Å². The summed E-state index contributed by atoms with van der Waals surface area (Å²) in [6, 6.07) is 1.61. The van der Waals surface area contributed by atoms with Gasteiger partial charge in [-0.1, -0.05) is 0 Å². The Hall–Kier alpha value is -0.620. The molecule has 0 radical (unpaired) electrons. The topological polar surface area (TPSA) is 33.0 Å². The van der Waals surface area contributed by atoms with E-state index in [4.69, 9.17) is 10.00 Å². The number of rotatable bonds is 1. The van der Waals surface area contributed by atoms with Crippen molar-refractivity contribution in [3.05, 3.63) is 0 Å². The molecule has 1 heterocycles. The monoisotopic (exact) mass is 143 g/mol. The van der Waals surface area contributed by atoms with Gasteiger partial charge in [-0.25, -0.2) is 4.39 Å². The largest absolute Gasteiger partial charge is 0.381 e. The van der Waals surface area contributed by atoms with E-state index in [0.717, 1.165) is 0 Å². The van der Waals surface area contributed by atoms with Crippen molar-refractivity contribution in [1.29, 1.82) is 5.26 Å². The van der Waals surface area contributed by atoms with Gasteiger partial charge in [-0.3, -0.25) is 0 Å². The highest BCUT2D eigenvalue weighted by atomic mass is 19.1. The van der Waals surface area contributed by atoms with Gasteiger partial charge in [0.25, 0.3) is 0 Å². The lowest BCUT2D eigenvalue weighted by atomic mass is 9.96. The lowest BCUT2D eigenvalue weighted by molar-refractivity contribution is 0.0478. The van der Waals surface area contributed by atoms with Crippen LogP contribution in [0.4, 0.5) is 4.39 Å². The Labute approximate surface area is 59.6 Å². The molecule has 56 valence electrons. The molecule has 0 bridgehead atoms. The molecule has 3 heteroatoms. The van der Waals surface area contributed by atoms with Crippen LogP contribution in [-0.4, -0.2) is 19.4 Å². The van der Waals surface area contributed by atoms with Gasteiger partial charge in [-0.2, -0.15) is 5.26 Å². The molecule has 0 aromatic rings. The molecule has 1 aliphatic heterocycles. The van der Waals surface area contributed by atoms with Crippen LogP contribution in [0.15, 0.2) is 0 Å². The van der Waals surface area contributed by atoms with Crippen LogP contribution in [0.25, 0.3) is 0 Å². The molecule has 1 rings (SSSR count). The summed E-state index contributed by atoms with van der Waals surface area (Å²) >= 11 is 0. The Morgan fingerprint density at radius 2 is 2.10 bits per heavy atom. The van der Waals surface area contributed by atoms with Gasteiger partial charge in [-0.05, 0) is 12.8 Å². The van der Waals surface area contributed by atoms with Crippen LogP contribution in [-0.2, 0) is 4.74 Å². The van der Waals surface area contributed by atoms with Gasteiger partial charge in [0.2, 0.25) is 0 Å². The average Bonchev–Trinajstić information content (AvgIpc) is 2.05.